The Kier molecular flexibility index (Phi) is 4.32. The number of nitrogens with two attached hydrogens (primary N) is 1. The van der Waals surface area contributed by atoms with E-state index in [1.807, 2.05) is 12.1 Å². The first-order valence-corrected chi connectivity index (χ1v) is 6.40. The van der Waals surface area contributed by atoms with Crippen LogP contribution in [0.15, 0.2) is 30.6 Å². The van der Waals surface area contributed by atoms with Crippen LogP contribution in [0.25, 0.3) is 10.8 Å². The number of unbranched alkanes of at least 4 members (excludes halogenated alkanes) is 1. The minimum Gasteiger partial charge on any atom is -0.398 e. The van der Waals surface area contributed by atoms with Gasteiger partial charge in [0.2, 0.25) is 0 Å². The number of nitrogen functional groups attached to an aromatic ring is 1. The van der Waals surface area contributed by atoms with Crippen molar-refractivity contribution in [3.63, 3.8) is 0 Å². The first-order valence-electron chi connectivity index (χ1n) is 6.40. The van der Waals surface area contributed by atoms with E-state index in [0.717, 1.165) is 16.5 Å². The number of aromatic nitrogens is 1. The molecule has 3 N–H and O–H groups in total. The van der Waals surface area contributed by atoms with Crippen molar-refractivity contribution >= 4 is 22.1 Å². The van der Waals surface area contributed by atoms with Crippen LogP contribution in [0.1, 0.15) is 19.3 Å². The van der Waals surface area contributed by atoms with Gasteiger partial charge < -0.3 is 11.1 Å². The maximum absolute atomic E-state index is 12.0. The van der Waals surface area contributed by atoms with Crippen molar-refractivity contribution in [3.05, 3.63) is 30.6 Å². The molecule has 0 fully saturated rings. The third-order valence-electron chi connectivity index (χ3n) is 3.05. The molecule has 2 rings (SSSR count). The van der Waals surface area contributed by atoms with Crippen LogP contribution in [0.3, 0.4) is 0 Å². The van der Waals surface area contributed by atoms with Gasteiger partial charge in [0.05, 0.1) is 0 Å². The van der Waals surface area contributed by atoms with Gasteiger partial charge in [-0.15, -0.1) is 0 Å². The van der Waals surface area contributed by atoms with E-state index in [2.05, 4.69) is 10.3 Å². The maximum Gasteiger partial charge on any atom is 0.389 e. The molecular weight excluding hydrogens is 267 g/mol. The summed E-state index contributed by atoms with van der Waals surface area (Å²) in [4.78, 5) is 4.02. The van der Waals surface area contributed by atoms with Crippen molar-refractivity contribution < 1.29 is 13.2 Å². The second-order valence-corrected chi connectivity index (χ2v) is 4.62. The Morgan fingerprint density at radius 2 is 1.90 bits per heavy atom. The molecule has 3 nitrogen and oxygen atoms in total. The molecular formula is C14H16F3N3. The lowest BCUT2D eigenvalue weighted by Gasteiger charge is -2.11. The zero-order valence-corrected chi connectivity index (χ0v) is 10.9. The lowest BCUT2D eigenvalue weighted by Crippen LogP contribution is -2.09. The van der Waals surface area contributed by atoms with Gasteiger partial charge in [-0.25, -0.2) is 0 Å². The third kappa shape index (κ3) is 3.76. The normalized spacial score (nSPS) is 11.8. The maximum atomic E-state index is 12.0. The average Bonchev–Trinajstić information content (AvgIpc) is 2.40. The second-order valence-electron chi connectivity index (χ2n) is 4.62. The highest BCUT2D eigenvalue weighted by Gasteiger charge is 2.25. The lowest BCUT2D eigenvalue weighted by molar-refractivity contribution is -0.135. The van der Waals surface area contributed by atoms with Gasteiger partial charge in [0.1, 0.15) is 0 Å². The summed E-state index contributed by atoms with van der Waals surface area (Å²) in [6, 6.07) is 5.44. The molecule has 0 saturated heterocycles. The number of rotatable bonds is 5. The quantitative estimate of drug-likeness (QED) is 0.645. The number of nitrogens with zero attached hydrogens (tertiary/aromatic N) is 1. The Balaban J connectivity index is 1.95. The molecule has 6 heteroatoms. The van der Waals surface area contributed by atoms with Crippen LogP contribution in [-0.2, 0) is 0 Å². The first-order chi connectivity index (χ1) is 9.47. The van der Waals surface area contributed by atoms with Crippen molar-refractivity contribution in [2.45, 2.75) is 25.4 Å². The molecule has 0 saturated carbocycles. The number of hydrogen-bond acceptors (Lipinski definition) is 3. The summed E-state index contributed by atoms with van der Waals surface area (Å²) in [6.45, 7) is 0.497. The third-order valence-corrected chi connectivity index (χ3v) is 3.05. The van der Waals surface area contributed by atoms with Crippen LogP contribution < -0.4 is 11.1 Å². The number of hydrogen-bond donors (Lipinski definition) is 2. The summed E-state index contributed by atoms with van der Waals surface area (Å²) in [7, 11) is 0. The highest BCUT2D eigenvalue weighted by Crippen LogP contribution is 2.27. The molecule has 0 bridgehead atoms. The highest BCUT2D eigenvalue weighted by atomic mass is 19.4. The average molecular weight is 283 g/mol. The largest absolute Gasteiger partial charge is 0.398 e. The zero-order valence-electron chi connectivity index (χ0n) is 10.9. The van der Waals surface area contributed by atoms with Gasteiger partial charge >= 0.3 is 6.18 Å². The molecule has 1 aromatic heterocycles. The van der Waals surface area contributed by atoms with Gasteiger partial charge in [0.15, 0.2) is 0 Å². The monoisotopic (exact) mass is 283 g/mol. The molecule has 0 aliphatic rings. The van der Waals surface area contributed by atoms with E-state index in [4.69, 9.17) is 5.73 Å². The molecule has 108 valence electrons. The van der Waals surface area contributed by atoms with Crippen LogP contribution in [0.5, 0.6) is 0 Å². The predicted molar refractivity (Wildman–Crippen MR) is 74.6 cm³/mol. The topological polar surface area (TPSA) is 50.9 Å². The Labute approximate surface area is 115 Å². The van der Waals surface area contributed by atoms with Gasteiger partial charge in [-0.1, -0.05) is 0 Å². The van der Waals surface area contributed by atoms with E-state index in [1.54, 1.807) is 18.5 Å². The van der Waals surface area contributed by atoms with Crippen LogP contribution in [0, 0.1) is 0 Å². The Morgan fingerprint density at radius 3 is 2.65 bits per heavy atom. The Morgan fingerprint density at radius 1 is 1.10 bits per heavy atom. The fourth-order valence-electron chi connectivity index (χ4n) is 2.04. The van der Waals surface area contributed by atoms with E-state index in [9.17, 15) is 13.2 Å². The molecule has 20 heavy (non-hydrogen) atoms. The van der Waals surface area contributed by atoms with Crippen LogP contribution in [-0.4, -0.2) is 17.7 Å². The molecule has 0 aliphatic carbocycles. The van der Waals surface area contributed by atoms with Crippen molar-refractivity contribution in [1.29, 1.82) is 0 Å². The number of nitrogens with one attached hydrogen (secondary N) is 1. The highest BCUT2D eigenvalue weighted by molar-refractivity contribution is 6.00. The summed E-state index contributed by atoms with van der Waals surface area (Å²) in [6.07, 6.45) is -0.863. The number of anilines is 2. The Bertz CT molecular complexity index is 581. The molecule has 0 amide bonds. The van der Waals surface area contributed by atoms with E-state index in [1.165, 1.54) is 0 Å². The van der Waals surface area contributed by atoms with E-state index in [-0.39, 0.29) is 6.42 Å². The minimum absolute atomic E-state index is 0.130. The lowest BCUT2D eigenvalue weighted by atomic mass is 10.1. The standard InChI is InChI=1S/C14H16F3N3/c15-14(16,17)6-1-2-7-20-13-4-3-12(18)11-9-19-8-5-10(11)13/h3-5,8-9,20H,1-2,6-7,18H2. The SMILES string of the molecule is Nc1ccc(NCCCCC(F)(F)F)c2ccncc12. The minimum atomic E-state index is -4.07. The van der Waals surface area contributed by atoms with E-state index in [0.29, 0.717) is 18.7 Å². The molecule has 0 aliphatic heterocycles. The molecule has 0 atom stereocenters. The number of halogens is 3. The van der Waals surface area contributed by atoms with Gasteiger partial charge in [-0.2, -0.15) is 13.2 Å². The molecule has 0 spiro atoms. The van der Waals surface area contributed by atoms with Crippen molar-refractivity contribution in [2.24, 2.45) is 0 Å². The van der Waals surface area contributed by atoms with Crippen molar-refractivity contribution in [1.82, 2.24) is 4.98 Å². The van der Waals surface area contributed by atoms with Crippen LogP contribution >= 0.6 is 0 Å². The summed E-state index contributed by atoms with van der Waals surface area (Å²) in [5, 5.41) is 4.92. The van der Waals surface area contributed by atoms with Gasteiger partial charge in [-0.3, -0.25) is 4.98 Å². The fraction of sp³-hybridized carbons (Fsp3) is 0.357. The van der Waals surface area contributed by atoms with E-state index >= 15 is 0 Å². The van der Waals surface area contributed by atoms with Gasteiger partial charge in [0.25, 0.3) is 0 Å². The summed E-state index contributed by atoms with van der Waals surface area (Å²) < 4.78 is 36.1. The van der Waals surface area contributed by atoms with Crippen LogP contribution in [0.2, 0.25) is 0 Å². The molecule has 1 aromatic carbocycles. The molecule has 0 unspecified atom stereocenters. The van der Waals surface area contributed by atoms with Crippen molar-refractivity contribution in [2.75, 3.05) is 17.6 Å². The summed E-state index contributed by atoms with van der Waals surface area (Å²) in [5.74, 6) is 0. The molecule has 1 heterocycles. The van der Waals surface area contributed by atoms with E-state index < -0.39 is 12.6 Å². The molecule has 2 aromatic rings. The number of benzene rings is 1. The van der Waals surface area contributed by atoms with Crippen LogP contribution in [0.4, 0.5) is 24.5 Å². The number of pyridine rings is 1. The number of fused-ring (bicyclic) bond motifs is 1. The molecule has 0 radical (unpaired) electrons. The first kappa shape index (κ1) is 14.4. The van der Waals surface area contributed by atoms with Gasteiger partial charge in [-0.05, 0) is 31.0 Å². The smallest absolute Gasteiger partial charge is 0.389 e. The number of alkyl halides is 3. The second kappa shape index (κ2) is 5.98. The predicted octanol–water partition coefficient (Wildman–Crippen LogP) is 3.96. The van der Waals surface area contributed by atoms with Crippen molar-refractivity contribution in [3.8, 4) is 0 Å². The van der Waals surface area contributed by atoms with Gasteiger partial charge in [0, 0.05) is 47.5 Å². The Hall–Kier alpha value is -1.98. The summed E-state index contributed by atoms with van der Waals surface area (Å²) >= 11 is 0. The fourth-order valence-corrected chi connectivity index (χ4v) is 2.04. The zero-order chi connectivity index (χ0) is 14.6. The summed E-state index contributed by atoms with van der Waals surface area (Å²) in [5.41, 5.74) is 7.36.